The molecule has 0 unspecified atom stereocenters. The Bertz CT molecular complexity index is 475. The average Bonchev–Trinajstić information content (AvgIpc) is 2.53. The predicted octanol–water partition coefficient (Wildman–Crippen LogP) is 5.05. The van der Waals surface area contributed by atoms with Crippen LogP contribution in [0.5, 0.6) is 0 Å². The third kappa shape index (κ3) is 5.97. The lowest BCUT2D eigenvalue weighted by molar-refractivity contribution is 0.262. The average molecular weight is 279 g/mol. The van der Waals surface area contributed by atoms with Gasteiger partial charge in [0.15, 0.2) is 0 Å². The number of hydrogen-bond donors (Lipinski definition) is 0. The largest absolute Gasteiger partial charge is 0.295 e. The monoisotopic (exact) mass is 279 g/mol. The van der Waals surface area contributed by atoms with Gasteiger partial charge >= 0.3 is 0 Å². The Balaban J connectivity index is 1.97. The van der Waals surface area contributed by atoms with E-state index in [0.29, 0.717) is 0 Å². The highest BCUT2D eigenvalue weighted by atomic mass is 15.1. The van der Waals surface area contributed by atoms with Crippen molar-refractivity contribution in [3.63, 3.8) is 0 Å². The van der Waals surface area contributed by atoms with E-state index in [0.717, 1.165) is 32.5 Å². The molecule has 0 saturated heterocycles. The molecule has 0 aromatic heterocycles. The summed E-state index contributed by atoms with van der Waals surface area (Å²) >= 11 is 0. The van der Waals surface area contributed by atoms with Gasteiger partial charge in [-0.2, -0.15) is 0 Å². The fourth-order valence-electron chi connectivity index (χ4n) is 2.44. The summed E-state index contributed by atoms with van der Waals surface area (Å²) in [6, 6.07) is 21.5. The van der Waals surface area contributed by atoms with E-state index >= 15 is 0 Å². The second kappa shape index (κ2) is 9.15. The summed E-state index contributed by atoms with van der Waals surface area (Å²) in [7, 11) is 0. The second-order valence-electron chi connectivity index (χ2n) is 5.35. The van der Waals surface area contributed by atoms with Crippen LogP contribution in [0.15, 0.2) is 72.8 Å². The molecule has 21 heavy (non-hydrogen) atoms. The molecule has 0 atom stereocenters. The molecule has 1 heteroatoms. The predicted molar refractivity (Wildman–Crippen MR) is 91.0 cm³/mol. The Morgan fingerprint density at radius 1 is 0.762 bits per heavy atom. The molecule has 0 spiro atoms. The van der Waals surface area contributed by atoms with E-state index in [4.69, 9.17) is 0 Å². The van der Waals surface area contributed by atoms with Crippen LogP contribution in [0.3, 0.4) is 0 Å². The summed E-state index contributed by atoms with van der Waals surface area (Å²) in [5.41, 5.74) is 2.76. The molecule has 0 fully saturated rings. The third-order valence-corrected chi connectivity index (χ3v) is 3.51. The molecule has 1 nitrogen and oxygen atoms in total. The minimum atomic E-state index is 1.01. The maximum Gasteiger partial charge on any atom is 0.0237 e. The van der Waals surface area contributed by atoms with Gasteiger partial charge in [0, 0.05) is 19.6 Å². The van der Waals surface area contributed by atoms with Gasteiger partial charge in [0.05, 0.1) is 0 Å². The van der Waals surface area contributed by atoms with Crippen LogP contribution in [0.25, 0.3) is 0 Å². The lowest BCUT2D eigenvalue weighted by Crippen LogP contribution is -2.23. The van der Waals surface area contributed by atoms with E-state index in [1.165, 1.54) is 11.1 Å². The van der Waals surface area contributed by atoms with Crippen molar-refractivity contribution in [3.8, 4) is 0 Å². The number of benzene rings is 2. The first-order chi connectivity index (χ1) is 10.4. The zero-order valence-electron chi connectivity index (χ0n) is 12.9. The highest BCUT2D eigenvalue weighted by molar-refractivity contribution is 5.17. The summed E-state index contributed by atoms with van der Waals surface area (Å²) in [6.07, 6.45) is 6.79. The Hall–Kier alpha value is -1.86. The smallest absolute Gasteiger partial charge is 0.0237 e. The molecule has 0 saturated carbocycles. The van der Waals surface area contributed by atoms with Crippen LogP contribution >= 0.6 is 0 Å². The van der Waals surface area contributed by atoms with E-state index < -0.39 is 0 Å². The van der Waals surface area contributed by atoms with E-state index in [2.05, 4.69) is 84.6 Å². The van der Waals surface area contributed by atoms with Crippen LogP contribution in [0.2, 0.25) is 0 Å². The lowest BCUT2D eigenvalue weighted by atomic mass is 10.1. The van der Waals surface area contributed by atoms with Crippen molar-refractivity contribution in [2.24, 2.45) is 0 Å². The van der Waals surface area contributed by atoms with Crippen LogP contribution < -0.4 is 0 Å². The molecule has 0 bridgehead atoms. The SMILES string of the molecule is CC/C=C/CCN(Cc1ccccc1)Cc1ccccc1. The third-order valence-electron chi connectivity index (χ3n) is 3.51. The first kappa shape index (κ1) is 15.5. The normalized spacial score (nSPS) is 11.3. The van der Waals surface area contributed by atoms with Crippen LogP contribution in [0.1, 0.15) is 30.9 Å². The maximum absolute atomic E-state index is 2.52. The molecule has 0 aliphatic heterocycles. The van der Waals surface area contributed by atoms with Crippen LogP contribution in [-0.2, 0) is 13.1 Å². The Morgan fingerprint density at radius 3 is 1.76 bits per heavy atom. The van der Waals surface area contributed by atoms with Crippen molar-refractivity contribution in [2.45, 2.75) is 32.9 Å². The van der Waals surface area contributed by atoms with Crippen molar-refractivity contribution in [1.82, 2.24) is 4.90 Å². The van der Waals surface area contributed by atoms with E-state index in [9.17, 15) is 0 Å². The van der Waals surface area contributed by atoms with E-state index in [1.54, 1.807) is 0 Å². The summed E-state index contributed by atoms with van der Waals surface area (Å²) in [4.78, 5) is 2.52. The summed E-state index contributed by atoms with van der Waals surface area (Å²) in [5.74, 6) is 0. The van der Waals surface area contributed by atoms with Crippen molar-refractivity contribution < 1.29 is 0 Å². The number of nitrogens with zero attached hydrogens (tertiary/aromatic N) is 1. The second-order valence-corrected chi connectivity index (χ2v) is 5.35. The molecule has 2 rings (SSSR count). The van der Waals surface area contributed by atoms with Gasteiger partial charge in [-0.15, -0.1) is 0 Å². The van der Waals surface area contributed by atoms with Crippen LogP contribution in [-0.4, -0.2) is 11.4 Å². The van der Waals surface area contributed by atoms with E-state index in [-0.39, 0.29) is 0 Å². The molecule has 0 radical (unpaired) electrons. The molecule has 110 valence electrons. The highest BCUT2D eigenvalue weighted by Gasteiger charge is 2.06. The molecule has 2 aromatic rings. The number of rotatable bonds is 8. The van der Waals surface area contributed by atoms with Gasteiger partial charge in [-0.1, -0.05) is 79.7 Å². The number of hydrogen-bond acceptors (Lipinski definition) is 1. The van der Waals surface area contributed by atoms with Crippen LogP contribution in [0, 0.1) is 0 Å². The molecule has 0 aliphatic rings. The first-order valence-corrected chi connectivity index (χ1v) is 7.83. The molecular weight excluding hydrogens is 254 g/mol. The van der Waals surface area contributed by atoms with Gasteiger partial charge in [0.1, 0.15) is 0 Å². The van der Waals surface area contributed by atoms with Crippen molar-refractivity contribution in [1.29, 1.82) is 0 Å². The fourth-order valence-corrected chi connectivity index (χ4v) is 2.44. The quantitative estimate of drug-likeness (QED) is 0.611. The number of allylic oxidation sites excluding steroid dienone is 1. The van der Waals surface area contributed by atoms with Gasteiger partial charge in [-0.05, 0) is 24.0 Å². The minimum absolute atomic E-state index is 1.01. The molecule has 2 aromatic carbocycles. The molecule has 0 aliphatic carbocycles. The Labute approximate surface area is 128 Å². The highest BCUT2D eigenvalue weighted by Crippen LogP contribution is 2.10. The first-order valence-electron chi connectivity index (χ1n) is 7.83. The van der Waals surface area contributed by atoms with E-state index in [1.807, 2.05) is 0 Å². The van der Waals surface area contributed by atoms with Crippen LogP contribution in [0.4, 0.5) is 0 Å². The summed E-state index contributed by atoms with van der Waals surface area (Å²) in [6.45, 7) is 5.30. The fraction of sp³-hybridized carbons (Fsp3) is 0.300. The topological polar surface area (TPSA) is 3.24 Å². The maximum atomic E-state index is 2.52. The van der Waals surface area contributed by atoms with Crippen molar-refractivity contribution in [2.75, 3.05) is 6.54 Å². The van der Waals surface area contributed by atoms with Gasteiger partial charge in [0.2, 0.25) is 0 Å². The molecular formula is C20H25N. The van der Waals surface area contributed by atoms with Gasteiger partial charge < -0.3 is 0 Å². The zero-order valence-corrected chi connectivity index (χ0v) is 12.9. The lowest BCUT2D eigenvalue weighted by Gasteiger charge is -2.22. The Morgan fingerprint density at radius 2 is 1.29 bits per heavy atom. The van der Waals surface area contributed by atoms with Gasteiger partial charge in [0.25, 0.3) is 0 Å². The van der Waals surface area contributed by atoms with Crippen molar-refractivity contribution in [3.05, 3.63) is 83.9 Å². The Kier molecular flexibility index (Phi) is 6.76. The standard InChI is InChI=1S/C20H25N/c1-2-3-4-11-16-21(17-19-12-7-5-8-13-19)18-20-14-9-6-10-15-20/h3-10,12-15H,2,11,16-18H2,1H3/b4-3+. The summed E-state index contributed by atoms with van der Waals surface area (Å²) in [5, 5.41) is 0. The minimum Gasteiger partial charge on any atom is -0.295 e. The van der Waals surface area contributed by atoms with Gasteiger partial charge in [-0.3, -0.25) is 4.90 Å². The van der Waals surface area contributed by atoms with Gasteiger partial charge in [-0.25, -0.2) is 0 Å². The summed E-state index contributed by atoms with van der Waals surface area (Å²) < 4.78 is 0. The molecule has 0 amide bonds. The van der Waals surface area contributed by atoms with Crippen molar-refractivity contribution >= 4 is 0 Å². The molecule has 0 heterocycles. The molecule has 0 N–H and O–H groups in total. The zero-order chi connectivity index (χ0) is 14.8.